The van der Waals surface area contributed by atoms with Gasteiger partial charge in [0, 0.05) is 32.2 Å². The molecule has 0 saturated carbocycles. The molecule has 0 unspecified atom stereocenters. The molecule has 0 aromatic carbocycles. The third kappa shape index (κ3) is 7.61. The molecule has 10 heteroatoms. The maximum atomic E-state index is 12.2. The minimum atomic E-state index is -0.635. The van der Waals surface area contributed by atoms with Crippen LogP contribution in [0.1, 0.15) is 25.7 Å². The van der Waals surface area contributed by atoms with Crippen LogP contribution in [0.3, 0.4) is 0 Å². The summed E-state index contributed by atoms with van der Waals surface area (Å²) in [6.07, 6.45) is 4.21. The van der Waals surface area contributed by atoms with Gasteiger partial charge >= 0.3 is 5.97 Å². The van der Waals surface area contributed by atoms with Gasteiger partial charge in [-0.3, -0.25) is 4.90 Å². The maximum Gasteiger partial charge on any atom is 0.366 e. The van der Waals surface area contributed by atoms with Crippen LogP contribution in [0.25, 0.3) is 0 Å². The highest BCUT2D eigenvalue weighted by atomic mass is 35.5. The normalized spacial score (nSPS) is 22.4. The van der Waals surface area contributed by atoms with Gasteiger partial charge in [-0.05, 0) is 51.9 Å². The van der Waals surface area contributed by atoms with Crippen LogP contribution in [0.15, 0.2) is 5.57 Å². The quantitative estimate of drug-likeness (QED) is 0.448. The van der Waals surface area contributed by atoms with Crippen LogP contribution in [0.2, 0.25) is 0 Å². The fraction of sp³-hybridized carbons (Fsp3) is 0.833. The van der Waals surface area contributed by atoms with Gasteiger partial charge in [0.1, 0.15) is 11.5 Å². The first-order chi connectivity index (χ1) is 12.8. The third-order valence-corrected chi connectivity index (χ3v) is 5.43. The highest BCUT2D eigenvalue weighted by molar-refractivity contribution is 5.96. The van der Waals surface area contributed by atoms with Crippen molar-refractivity contribution in [2.24, 2.45) is 0 Å². The third-order valence-electron chi connectivity index (χ3n) is 5.43. The van der Waals surface area contributed by atoms with Crippen LogP contribution in [0.5, 0.6) is 0 Å². The Morgan fingerprint density at radius 3 is 2.07 bits per heavy atom. The number of hydroxylamine groups is 2. The number of carbonyl (C=O) groups is 1. The van der Waals surface area contributed by atoms with Gasteiger partial charge in [0.15, 0.2) is 0 Å². The molecule has 162 valence electrons. The first-order valence-electron chi connectivity index (χ1n) is 9.74. The number of halogens is 2. The van der Waals surface area contributed by atoms with Crippen LogP contribution >= 0.6 is 24.8 Å². The van der Waals surface area contributed by atoms with Gasteiger partial charge in [-0.25, -0.2) is 9.59 Å². The fourth-order valence-electron chi connectivity index (χ4n) is 3.80. The lowest BCUT2D eigenvalue weighted by molar-refractivity contribution is -0.194. The van der Waals surface area contributed by atoms with Crippen molar-refractivity contribution in [2.45, 2.75) is 37.8 Å². The predicted octanol–water partition coefficient (Wildman–Crippen LogP) is 0.184. The topological polar surface area (TPSA) is 83.1 Å². The fourth-order valence-corrected chi connectivity index (χ4v) is 3.80. The summed E-state index contributed by atoms with van der Waals surface area (Å²) in [4.78, 5) is 31.2. The van der Waals surface area contributed by atoms with Crippen molar-refractivity contribution < 1.29 is 19.2 Å². The van der Waals surface area contributed by atoms with Crippen molar-refractivity contribution >= 4 is 36.7 Å². The lowest BCUT2D eigenvalue weighted by Crippen LogP contribution is -2.53. The predicted molar refractivity (Wildman–Crippen MR) is 111 cm³/mol. The van der Waals surface area contributed by atoms with Crippen molar-refractivity contribution in [3.05, 3.63) is 5.57 Å². The Morgan fingerprint density at radius 1 is 0.929 bits per heavy atom. The molecule has 3 fully saturated rings. The molecule has 0 spiro atoms. The van der Waals surface area contributed by atoms with Crippen molar-refractivity contribution in [2.75, 3.05) is 59.0 Å². The zero-order valence-electron chi connectivity index (χ0n) is 16.2. The zero-order chi connectivity index (χ0) is 18.2. The van der Waals surface area contributed by atoms with Gasteiger partial charge in [-0.1, -0.05) is 0 Å². The summed E-state index contributed by atoms with van der Waals surface area (Å²) in [5.41, 5.74) is -0.0654. The van der Waals surface area contributed by atoms with Crippen molar-refractivity contribution in [3.8, 4) is 0 Å². The smallest absolute Gasteiger partial charge is 0.366 e. The molecule has 3 aliphatic rings. The summed E-state index contributed by atoms with van der Waals surface area (Å²) >= 11 is 0. The van der Waals surface area contributed by atoms with E-state index in [9.17, 15) is 9.59 Å². The van der Waals surface area contributed by atoms with E-state index in [0.717, 1.165) is 52.1 Å². The Balaban J connectivity index is 0.00000196. The standard InChI is InChI=1S/C18H30N4O4.2ClH/c23-13-15(14-25-17-3-7-20-8-4-17)18(24)26-22-11-9-21(10-12-22)16-1-5-19-6-2-16;;/h16-17,19-20H,1-12,14H2;2*1H. The highest BCUT2D eigenvalue weighted by Gasteiger charge is 2.27. The first-order valence-corrected chi connectivity index (χ1v) is 9.74. The highest BCUT2D eigenvalue weighted by Crippen LogP contribution is 2.15. The average molecular weight is 439 g/mol. The number of ether oxygens (including phenoxy) is 1. The van der Waals surface area contributed by atoms with Gasteiger partial charge < -0.3 is 20.2 Å². The molecule has 3 saturated heterocycles. The first kappa shape index (κ1) is 25.3. The molecule has 0 aliphatic carbocycles. The lowest BCUT2D eigenvalue weighted by Gasteiger charge is -2.39. The number of rotatable bonds is 6. The van der Waals surface area contributed by atoms with Gasteiger partial charge in [-0.15, -0.1) is 29.9 Å². The van der Waals surface area contributed by atoms with E-state index in [0.29, 0.717) is 19.1 Å². The summed E-state index contributed by atoms with van der Waals surface area (Å²) in [6.45, 7) is 7.01. The van der Waals surface area contributed by atoms with E-state index in [4.69, 9.17) is 9.57 Å². The Kier molecular flexibility index (Phi) is 12.2. The van der Waals surface area contributed by atoms with E-state index in [1.54, 1.807) is 11.0 Å². The molecule has 2 N–H and O–H groups in total. The number of nitrogens with one attached hydrogen (secondary N) is 2. The Labute approximate surface area is 179 Å². The number of hydrogen-bond acceptors (Lipinski definition) is 8. The summed E-state index contributed by atoms with van der Waals surface area (Å²) in [6, 6.07) is 0.623. The molecule has 0 atom stereocenters. The molecule has 0 aromatic heterocycles. The van der Waals surface area contributed by atoms with E-state index in [-0.39, 0.29) is 43.1 Å². The Bertz CT molecular complexity index is 514. The Morgan fingerprint density at radius 2 is 1.50 bits per heavy atom. The molecule has 3 aliphatic heterocycles. The summed E-state index contributed by atoms with van der Waals surface area (Å²) in [5, 5.41) is 8.29. The van der Waals surface area contributed by atoms with Crippen molar-refractivity contribution in [1.82, 2.24) is 20.6 Å². The van der Waals surface area contributed by atoms with Gasteiger partial charge in [-0.2, -0.15) is 0 Å². The molecule has 8 nitrogen and oxygen atoms in total. The second-order valence-corrected chi connectivity index (χ2v) is 7.17. The van der Waals surface area contributed by atoms with Gasteiger partial charge in [0.05, 0.1) is 12.7 Å². The number of hydrogen-bond donors (Lipinski definition) is 2. The number of nitrogens with zero attached hydrogens (tertiary/aromatic N) is 2. The number of piperazine rings is 1. The van der Waals surface area contributed by atoms with E-state index < -0.39 is 5.97 Å². The van der Waals surface area contributed by atoms with Crippen molar-refractivity contribution in [3.63, 3.8) is 0 Å². The van der Waals surface area contributed by atoms with E-state index >= 15 is 0 Å². The largest absolute Gasteiger partial charge is 0.372 e. The molecule has 0 radical (unpaired) electrons. The van der Waals surface area contributed by atoms with Crippen molar-refractivity contribution in [1.29, 1.82) is 0 Å². The van der Waals surface area contributed by atoms with Gasteiger partial charge in [0.2, 0.25) is 0 Å². The molecule has 3 rings (SSSR count). The molecule has 3 heterocycles. The molecule has 0 aromatic rings. The van der Waals surface area contributed by atoms with E-state index in [1.165, 1.54) is 12.8 Å². The lowest BCUT2D eigenvalue weighted by atomic mass is 10.0. The molecule has 0 amide bonds. The Hall–Kier alpha value is -0.700. The minimum Gasteiger partial charge on any atom is -0.372 e. The molecular weight excluding hydrogens is 407 g/mol. The summed E-state index contributed by atoms with van der Waals surface area (Å²) in [7, 11) is 0. The van der Waals surface area contributed by atoms with Crippen LogP contribution in [-0.2, 0) is 19.2 Å². The second-order valence-electron chi connectivity index (χ2n) is 7.17. The molecule has 28 heavy (non-hydrogen) atoms. The van der Waals surface area contributed by atoms with Crippen LogP contribution in [0, 0.1) is 0 Å². The maximum absolute atomic E-state index is 12.2. The second kappa shape index (κ2) is 13.5. The van der Waals surface area contributed by atoms with E-state index in [2.05, 4.69) is 15.5 Å². The molecular formula is C18H32Cl2N4O4. The van der Waals surface area contributed by atoms with Crippen LogP contribution in [-0.4, -0.2) is 93.0 Å². The van der Waals surface area contributed by atoms with E-state index in [1.807, 2.05) is 0 Å². The summed E-state index contributed by atoms with van der Waals surface area (Å²) < 4.78 is 5.67. The van der Waals surface area contributed by atoms with Crippen LogP contribution < -0.4 is 10.6 Å². The minimum absolute atomic E-state index is 0. The summed E-state index contributed by atoms with van der Waals surface area (Å²) in [5.74, 6) is 1.06. The number of carbonyl (C=O) groups excluding carboxylic acids is 2. The SMILES string of the molecule is Cl.Cl.O=C=C(COC1CCNCC1)C(=O)ON1CCN(C2CCNCC2)CC1. The number of piperidine rings is 2. The monoisotopic (exact) mass is 438 g/mol. The van der Waals surface area contributed by atoms with Crippen LogP contribution in [0.4, 0.5) is 0 Å². The molecule has 0 bridgehead atoms. The zero-order valence-corrected chi connectivity index (χ0v) is 17.8. The average Bonchev–Trinajstić information content (AvgIpc) is 2.70. The van der Waals surface area contributed by atoms with Gasteiger partial charge in [0.25, 0.3) is 0 Å².